The molecular weight excluding hydrogens is 331 g/mol. The highest BCUT2D eigenvalue weighted by Crippen LogP contribution is 2.25. The number of benzene rings is 1. The molecule has 1 fully saturated rings. The summed E-state index contributed by atoms with van der Waals surface area (Å²) in [6, 6.07) is 7.53. The van der Waals surface area contributed by atoms with Crippen molar-refractivity contribution in [3.8, 4) is 0 Å². The minimum Gasteiger partial charge on any atom is -0.372 e. The molecule has 1 aromatic rings. The van der Waals surface area contributed by atoms with Crippen molar-refractivity contribution < 1.29 is 22.7 Å². The molecule has 2 rings (SSSR count). The fourth-order valence-corrected chi connectivity index (χ4v) is 3.00. The van der Waals surface area contributed by atoms with Crippen LogP contribution >= 0.6 is 11.6 Å². The van der Waals surface area contributed by atoms with E-state index in [9.17, 15) is 18.0 Å². The molecule has 0 saturated carbocycles. The van der Waals surface area contributed by atoms with Crippen molar-refractivity contribution >= 4 is 17.5 Å². The molecule has 0 N–H and O–H groups in total. The number of hydrogen-bond acceptors (Lipinski definition) is 2. The number of rotatable bonds is 6. The molecule has 1 aliphatic rings. The van der Waals surface area contributed by atoms with E-state index in [1.807, 2.05) is 24.3 Å². The van der Waals surface area contributed by atoms with Crippen molar-refractivity contribution in [3.05, 3.63) is 34.9 Å². The molecule has 1 atom stereocenters. The van der Waals surface area contributed by atoms with E-state index in [1.165, 1.54) is 0 Å². The van der Waals surface area contributed by atoms with Gasteiger partial charge in [-0.05, 0) is 30.9 Å². The summed E-state index contributed by atoms with van der Waals surface area (Å²) in [7, 11) is 0. The van der Waals surface area contributed by atoms with Gasteiger partial charge in [-0.3, -0.25) is 4.79 Å². The third-order valence-electron chi connectivity index (χ3n) is 3.84. The number of ether oxygens (including phenoxy) is 1. The van der Waals surface area contributed by atoms with Gasteiger partial charge in [-0.1, -0.05) is 29.8 Å². The van der Waals surface area contributed by atoms with Crippen LogP contribution in [0.3, 0.4) is 0 Å². The first-order chi connectivity index (χ1) is 10.9. The van der Waals surface area contributed by atoms with Gasteiger partial charge in [0.25, 0.3) is 0 Å². The second-order valence-corrected chi connectivity index (χ2v) is 6.00. The summed E-state index contributed by atoms with van der Waals surface area (Å²) in [6.45, 7) is -0.899. The van der Waals surface area contributed by atoms with Crippen LogP contribution in [0, 0.1) is 0 Å². The van der Waals surface area contributed by atoms with Gasteiger partial charge in [0.05, 0.1) is 13.0 Å². The Bertz CT molecular complexity index is 536. The van der Waals surface area contributed by atoms with Crippen LogP contribution in [0.5, 0.6) is 0 Å². The zero-order valence-electron chi connectivity index (χ0n) is 12.6. The summed E-state index contributed by atoms with van der Waals surface area (Å²) < 4.78 is 40.5. The molecule has 0 spiro atoms. The van der Waals surface area contributed by atoms with Crippen molar-refractivity contribution in [1.29, 1.82) is 0 Å². The minimum absolute atomic E-state index is 0.0326. The smallest absolute Gasteiger partial charge is 0.372 e. The molecule has 0 aromatic heterocycles. The Morgan fingerprint density at radius 1 is 1.35 bits per heavy atom. The molecule has 0 radical (unpaired) electrons. The first-order valence-corrected chi connectivity index (χ1v) is 7.92. The summed E-state index contributed by atoms with van der Waals surface area (Å²) in [6.07, 6.45) is -1.96. The number of carbonyl (C=O) groups is 1. The van der Waals surface area contributed by atoms with E-state index in [2.05, 4.69) is 4.74 Å². The highest BCUT2D eigenvalue weighted by molar-refractivity contribution is 6.31. The number of alkyl halides is 3. The lowest BCUT2D eigenvalue weighted by Crippen LogP contribution is -2.37. The number of carbonyl (C=O) groups excluding carboxylic acids is 1. The number of halogens is 4. The Labute approximate surface area is 138 Å². The van der Waals surface area contributed by atoms with E-state index in [-0.39, 0.29) is 25.0 Å². The van der Waals surface area contributed by atoms with Crippen molar-refractivity contribution in [3.63, 3.8) is 0 Å². The highest BCUT2D eigenvalue weighted by Gasteiger charge is 2.30. The highest BCUT2D eigenvalue weighted by atomic mass is 35.5. The average Bonchev–Trinajstić information content (AvgIpc) is 2.93. The Morgan fingerprint density at radius 3 is 2.78 bits per heavy atom. The van der Waals surface area contributed by atoms with E-state index in [1.54, 1.807) is 4.90 Å². The Hall–Kier alpha value is -1.27. The predicted octanol–water partition coefficient (Wildman–Crippen LogP) is 3.84. The van der Waals surface area contributed by atoms with Crippen LogP contribution in [-0.2, 0) is 16.0 Å². The zero-order valence-corrected chi connectivity index (χ0v) is 13.4. The van der Waals surface area contributed by atoms with Crippen molar-refractivity contribution in [2.24, 2.45) is 0 Å². The third kappa shape index (κ3) is 5.70. The van der Waals surface area contributed by atoms with Crippen LogP contribution in [0.1, 0.15) is 24.8 Å². The fraction of sp³-hybridized carbons (Fsp3) is 0.562. The average molecular weight is 350 g/mol. The normalized spacial score (nSPS) is 18.4. The lowest BCUT2D eigenvalue weighted by molar-refractivity contribution is -0.175. The summed E-state index contributed by atoms with van der Waals surface area (Å²) in [5.74, 6) is -0.165. The summed E-state index contributed by atoms with van der Waals surface area (Å²) >= 11 is 6.15. The molecule has 1 heterocycles. The second-order valence-electron chi connectivity index (χ2n) is 5.60. The molecular formula is C16H19ClF3NO2. The molecule has 1 aliphatic heterocycles. The van der Waals surface area contributed by atoms with Gasteiger partial charge >= 0.3 is 6.18 Å². The van der Waals surface area contributed by atoms with Crippen LogP contribution in [0.15, 0.2) is 24.3 Å². The van der Waals surface area contributed by atoms with Crippen molar-refractivity contribution in [2.75, 3.05) is 19.8 Å². The lowest BCUT2D eigenvalue weighted by atomic mass is 10.0. The van der Waals surface area contributed by atoms with Crippen molar-refractivity contribution in [2.45, 2.75) is 37.9 Å². The van der Waals surface area contributed by atoms with Gasteiger partial charge in [-0.2, -0.15) is 13.2 Å². The van der Waals surface area contributed by atoms with Crippen LogP contribution in [0.4, 0.5) is 13.2 Å². The van der Waals surface area contributed by atoms with Gasteiger partial charge in [0.2, 0.25) is 5.91 Å². The monoisotopic (exact) mass is 349 g/mol. The summed E-state index contributed by atoms with van der Waals surface area (Å²) in [4.78, 5) is 13.9. The maximum atomic E-state index is 12.2. The summed E-state index contributed by atoms with van der Waals surface area (Å²) in [5.41, 5.74) is 0.979. The molecule has 1 aromatic carbocycles. The molecule has 3 nitrogen and oxygen atoms in total. The standard InChI is InChI=1S/C16H19ClF3NO2/c17-14-6-2-1-4-12(14)10-13-5-3-8-21(13)15(22)7-9-23-11-16(18,19)20/h1-2,4,6,13H,3,5,7-11H2. The quantitative estimate of drug-likeness (QED) is 0.730. The third-order valence-corrected chi connectivity index (χ3v) is 4.21. The van der Waals surface area contributed by atoms with E-state index >= 15 is 0 Å². The lowest BCUT2D eigenvalue weighted by Gasteiger charge is -2.25. The first kappa shape index (κ1) is 18.1. The van der Waals surface area contributed by atoms with Gasteiger partial charge < -0.3 is 9.64 Å². The number of nitrogens with zero attached hydrogens (tertiary/aromatic N) is 1. The Morgan fingerprint density at radius 2 is 2.09 bits per heavy atom. The minimum atomic E-state index is -4.36. The largest absolute Gasteiger partial charge is 0.411 e. The maximum Gasteiger partial charge on any atom is 0.411 e. The van der Waals surface area contributed by atoms with Crippen LogP contribution in [0.2, 0.25) is 5.02 Å². The van der Waals surface area contributed by atoms with Crippen LogP contribution < -0.4 is 0 Å². The topological polar surface area (TPSA) is 29.5 Å². The fourth-order valence-electron chi connectivity index (χ4n) is 2.79. The summed E-state index contributed by atoms with van der Waals surface area (Å²) in [5, 5.41) is 0.667. The molecule has 7 heteroatoms. The van der Waals surface area contributed by atoms with Crippen molar-refractivity contribution in [1.82, 2.24) is 4.90 Å². The van der Waals surface area contributed by atoms with E-state index in [4.69, 9.17) is 11.6 Å². The first-order valence-electron chi connectivity index (χ1n) is 7.54. The van der Waals surface area contributed by atoms with Crippen LogP contribution in [-0.4, -0.2) is 42.8 Å². The van der Waals surface area contributed by atoms with Gasteiger partial charge in [-0.25, -0.2) is 0 Å². The zero-order chi connectivity index (χ0) is 16.9. The number of hydrogen-bond donors (Lipinski definition) is 0. The van der Waals surface area contributed by atoms with Gasteiger partial charge in [0.1, 0.15) is 6.61 Å². The molecule has 0 bridgehead atoms. The molecule has 0 aliphatic carbocycles. The van der Waals surface area contributed by atoms with Crippen LogP contribution in [0.25, 0.3) is 0 Å². The van der Waals surface area contributed by atoms with E-state index < -0.39 is 12.8 Å². The Kier molecular flexibility index (Phi) is 6.30. The molecule has 1 amide bonds. The van der Waals surface area contributed by atoms with E-state index in [0.717, 1.165) is 18.4 Å². The molecule has 128 valence electrons. The van der Waals surface area contributed by atoms with Gasteiger partial charge in [0.15, 0.2) is 0 Å². The number of amides is 1. The molecule has 1 saturated heterocycles. The molecule has 1 unspecified atom stereocenters. The van der Waals surface area contributed by atoms with Gasteiger partial charge in [-0.15, -0.1) is 0 Å². The predicted molar refractivity (Wildman–Crippen MR) is 81.4 cm³/mol. The second kappa shape index (κ2) is 8.02. The SMILES string of the molecule is O=C(CCOCC(F)(F)F)N1CCCC1Cc1ccccc1Cl. The Balaban J connectivity index is 1.83. The maximum absolute atomic E-state index is 12.2. The number of likely N-dealkylation sites (tertiary alicyclic amines) is 1. The van der Waals surface area contributed by atoms with Gasteiger partial charge in [0, 0.05) is 17.6 Å². The van der Waals surface area contributed by atoms with E-state index in [0.29, 0.717) is 18.0 Å². The molecule has 23 heavy (non-hydrogen) atoms.